The van der Waals surface area contributed by atoms with Gasteiger partial charge < -0.3 is 23.8 Å². The number of nitriles is 1. The van der Waals surface area contributed by atoms with Crippen molar-refractivity contribution in [2.75, 3.05) is 18.0 Å². The van der Waals surface area contributed by atoms with Gasteiger partial charge in [0.15, 0.2) is 0 Å². The van der Waals surface area contributed by atoms with E-state index in [9.17, 15) is 19.6 Å². The number of hydrogen-bond acceptors (Lipinski definition) is 8. The summed E-state index contributed by atoms with van der Waals surface area (Å²) in [6.45, 7) is 1.80. The molecular formula is C22H18N3Na2O4PS. The number of rotatable bonds is 4. The molecule has 1 aromatic heterocycles. The van der Waals surface area contributed by atoms with E-state index in [4.69, 9.17) is 4.52 Å². The van der Waals surface area contributed by atoms with Crippen LogP contribution in [0.15, 0.2) is 30.3 Å². The van der Waals surface area contributed by atoms with Crippen LogP contribution in [0, 0.1) is 11.3 Å². The predicted octanol–water partition coefficient (Wildman–Crippen LogP) is -2.73. The van der Waals surface area contributed by atoms with Crippen LogP contribution >= 0.6 is 19.2 Å². The summed E-state index contributed by atoms with van der Waals surface area (Å²) in [5.41, 5.74) is 4.33. The molecule has 0 saturated heterocycles. The molecule has 0 bridgehead atoms. The molecule has 0 unspecified atom stereocenters. The van der Waals surface area contributed by atoms with Crippen molar-refractivity contribution in [3.63, 3.8) is 0 Å². The van der Waals surface area contributed by atoms with Crippen LogP contribution in [0.25, 0.3) is 21.9 Å². The van der Waals surface area contributed by atoms with Gasteiger partial charge in [-0.25, -0.2) is 4.98 Å². The molecule has 5 rings (SSSR count). The third kappa shape index (κ3) is 5.60. The number of nitrogens with zero attached hydrogens (tertiary/aromatic N) is 3. The third-order valence-corrected chi connectivity index (χ3v) is 7.12. The maximum absolute atomic E-state index is 11.6. The van der Waals surface area contributed by atoms with Crippen LogP contribution in [0.5, 0.6) is 5.75 Å². The number of thiazole rings is 1. The van der Waals surface area contributed by atoms with Crippen molar-refractivity contribution in [3.8, 4) is 11.8 Å². The topological polar surface area (TPSA) is 112 Å². The Balaban J connectivity index is 0.00000153. The van der Waals surface area contributed by atoms with E-state index in [0.717, 1.165) is 59.4 Å². The third-order valence-electron chi connectivity index (χ3n) is 5.65. The van der Waals surface area contributed by atoms with Gasteiger partial charge in [0.1, 0.15) is 24.6 Å². The van der Waals surface area contributed by atoms with Crippen molar-refractivity contribution in [2.24, 2.45) is 0 Å². The molecule has 0 aliphatic carbocycles. The van der Waals surface area contributed by atoms with Gasteiger partial charge in [-0.3, -0.25) is 0 Å². The molecule has 0 fully saturated rings. The Morgan fingerprint density at radius 1 is 1.21 bits per heavy atom. The van der Waals surface area contributed by atoms with Crippen molar-refractivity contribution >= 4 is 46.7 Å². The smallest absolute Gasteiger partial charge is 0.780 e. The Hall–Kier alpha value is -0.690. The SMILES string of the molecule is N#C/C(=C\c1cc2c3c(c1OP(=O)([O-])[O-])CCCN3CCC2)c1nc2ccccc2s1.[Na+].[Na+]. The summed E-state index contributed by atoms with van der Waals surface area (Å²) in [4.78, 5) is 29.9. The Bertz CT molecular complexity index is 1280. The fourth-order valence-corrected chi connectivity index (χ4v) is 5.84. The number of para-hydroxylation sites is 1. The van der Waals surface area contributed by atoms with E-state index in [1.807, 2.05) is 30.3 Å². The standard InChI is InChI=1S/C22H20N3O4PS.2Na/c23-13-16(22-24-18-7-1-2-8-19(18)31-22)12-15-11-14-5-3-9-25-10-4-6-17(20(14)25)21(15)29-30(26,27)28;;/h1-2,7-8,11-12H,3-6,9-10H2,(H2,26,27,28);;/q;2*+1/p-2/b16-12+;;. The van der Waals surface area contributed by atoms with Crippen LogP contribution in [0.1, 0.15) is 34.5 Å². The fourth-order valence-electron chi connectivity index (χ4n) is 4.47. The number of aromatic nitrogens is 1. The Morgan fingerprint density at radius 3 is 2.64 bits per heavy atom. The number of allylic oxidation sites excluding steroid dienone is 1. The van der Waals surface area contributed by atoms with Crippen LogP contribution in [0.4, 0.5) is 5.69 Å². The molecule has 0 N–H and O–H groups in total. The number of anilines is 1. The van der Waals surface area contributed by atoms with Gasteiger partial charge in [0.25, 0.3) is 0 Å². The van der Waals surface area contributed by atoms with Crippen LogP contribution in [-0.4, -0.2) is 18.1 Å². The first-order chi connectivity index (χ1) is 14.9. The minimum absolute atomic E-state index is 0. The van der Waals surface area contributed by atoms with Crippen molar-refractivity contribution in [3.05, 3.63) is 52.0 Å². The van der Waals surface area contributed by atoms with Gasteiger partial charge in [0.2, 0.25) is 0 Å². The van der Waals surface area contributed by atoms with Gasteiger partial charge >= 0.3 is 59.1 Å². The first kappa shape index (κ1) is 26.9. The second-order valence-electron chi connectivity index (χ2n) is 7.67. The van der Waals surface area contributed by atoms with Gasteiger partial charge in [0.05, 0.1) is 15.8 Å². The van der Waals surface area contributed by atoms with Crippen LogP contribution in [-0.2, 0) is 17.4 Å². The molecule has 0 spiro atoms. The number of benzene rings is 2. The second kappa shape index (κ2) is 10.9. The van der Waals surface area contributed by atoms with E-state index in [1.54, 1.807) is 6.08 Å². The summed E-state index contributed by atoms with van der Waals surface area (Å²) in [7, 11) is -5.28. The van der Waals surface area contributed by atoms with Gasteiger partial charge in [-0.1, -0.05) is 12.1 Å². The molecule has 3 aromatic rings. The average molecular weight is 497 g/mol. The summed E-state index contributed by atoms with van der Waals surface area (Å²) in [5.74, 6) is 0.0487. The van der Waals surface area contributed by atoms with Gasteiger partial charge in [-0.15, -0.1) is 11.3 Å². The first-order valence-electron chi connectivity index (χ1n) is 10.1. The van der Waals surface area contributed by atoms with Gasteiger partial charge in [0, 0.05) is 29.9 Å². The zero-order chi connectivity index (χ0) is 21.6. The number of phosphoric acid groups is 1. The van der Waals surface area contributed by atoms with E-state index in [0.29, 0.717) is 22.6 Å². The number of aryl methyl sites for hydroxylation is 1. The molecule has 0 atom stereocenters. The molecule has 2 aliphatic heterocycles. The molecule has 0 amide bonds. The number of fused-ring (bicyclic) bond motifs is 1. The van der Waals surface area contributed by atoms with Crippen molar-refractivity contribution in [1.29, 1.82) is 5.26 Å². The van der Waals surface area contributed by atoms with E-state index in [2.05, 4.69) is 16.0 Å². The van der Waals surface area contributed by atoms with Gasteiger partial charge in [-0.05, 0) is 55.5 Å². The summed E-state index contributed by atoms with van der Waals surface area (Å²) in [6, 6.07) is 11.6. The van der Waals surface area contributed by atoms with Crippen molar-refractivity contribution in [1.82, 2.24) is 4.98 Å². The Kier molecular flexibility index (Phi) is 8.91. The minimum Gasteiger partial charge on any atom is -0.780 e. The largest absolute Gasteiger partial charge is 1.00 e. The van der Waals surface area contributed by atoms with E-state index in [-0.39, 0.29) is 64.9 Å². The van der Waals surface area contributed by atoms with Gasteiger partial charge in [-0.2, -0.15) is 5.26 Å². The second-order valence-corrected chi connectivity index (χ2v) is 9.78. The summed E-state index contributed by atoms with van der Waals surface area (Å²) >= 11 is 1.39. The maximum atomic E-state index is 11.6. The molecule has 2 aromatic carbocycles. The molecule has 2 aliphatic rings. The van der Waals surface area contributed by atoms with Crippen molar-refractivity contribution in [2.45, 2.75) is 25.7 Å². The summed E-state index contributed by atoms with van der Waals surface area (Å²) in [5, 5.41) is 10.4. The zero-order valence-electron chi connectivity index (χ0n) is 18.5. The molecule has 11 heteroatoms. The minimum atomic E-state index is -5.28. The quantitative estimate of drug-likeness (QED) is 0.219. The first-order valence-corrected chi connectivity index (χ1v) is 12.3. The monoisotopic (exact) mass is 497 g/mol. The maximum Gasteiger partial charge on any atom is 1.00 e. The van der Waals surface area contributed by atoms with E-state index < -0.39 is 7.82 Å². The molecule has 3 heterocycles. The number of phosphoric ester groups is 1. The predicted molar refractivity (Wildman–Crippen MR) is 117 cm³/mol. The normalized spacial score (nSPS) is 15.2. The fraction of sp³-hybridized carbons (Fsp3) is 0.273. The zero-order valence-corrected chi connectivity index (χ0v) is 24.2. The van der Waals surface area contributed by atoms with E-state index >= 15 is 0 Å². The summed E-state index contributed by atoms with van der Waals surface area (Å²) < 4.78 is 17.5. The molecule has 158 valence electrons. The van der Waals surface area contributed by atoms with Crippen LogP contribution in [0.2, 0.25) is 0 Å². The average Bonchev–Trinajstić information content (AvgIpc) is 3.18. The van der Waals surface area contributed by atoms with Crippen LogP contribution < -0.4 is 78.3 Å². The Labute approximate surface area is 240 Å². The molecule has 33 heavy (non-hydrogen) atoms. The molecule has 0 radical (unpaired) electrons. The Morgan fingerprint density at radius 2 is 1.94 bits per heavy atom. The van der Waals surface area contributed by atoms with E-state index in [1.165, 1.54) is 11.3 Å². The number of hydrogen-bond donors (Lipinski definition) is 0. The summed E-state index contributed by atoms with van der Waals surface area (Å²) in [6.07, 6.45) is 4.92. The molecule has 7 nitrogen and oxygen atoms in total. The van der Waals surface area contributed by atoms with Crippen molar-refractivity contribution < 1.29 is 78.0 Å². The van der Waals surface area contributed by atoms with Crippen LogP contribution in [0.3, 0.4) is 0 Å². The molecular weight excluding hydrogens is 479 g/mol. The molecule has 0 saturated carbocycles.